The Morgan fingerprint density at radius 2 is 2.00 bits per heavy atom. The lowest BCUT2D eigenvalue weighted by Gasteiger charge is -2.07. The van der Waals surface area contributed by atoms with Crippen molar-refractivity contribution >= 4 is 25.6 Å². The van der Waals surface area contributed by atoms with E-state index in [2.05, 4.69) is 4.98 Å². The quantitative estimate of drug-likeness (QED) is 0.648. The number of nitrogen functional groups attached to an aromatic ring is 1. The number of halogens is 4. The van der Waals surface area contributed by atoms with Crippen molar-refractivity contribution in [1.82, 2.24) is 4.98 Å². The maximum absolute atomic E-state index is 13.0. The van der Waals surface area contributed by atoms with Crippen LogP contribution in [-0.2, 0) is 9.05 Å². The fraction of sp³-hybridized carbons (Fsp3) is 0.167. The molecule has 0 aliphatic carbocycles. The Bertz CT molecular complexity index is 491. The minimum atomic E-state index is -4.63. The number of aromatic nitrogens is 1. The number of nitrogens with two attached hydrogens (primary N) is 1. The van der Waals surface area contributed by atoms with Crippen molar-refractivity contribution in [2.24, 2.45) is 0 Å². The predicted octanol–water partition coefficient (Wildman–Crippen LogP) is 1.67. The second kappa shape index (κ2) is 3.86. The molecule has 0 saturated carbocycles. The van der Waals surface area contributed by atoms with Crippen molar-refractivity contribution in [1.29, 1.82) is 0 Å². The average molecular weight is 261 g/mol. The van der Waals surface area contributed by atoms with Gasteiger partial charge >= 0.3 is 0 Å². The summed E-state index contributed by atoms with van der Waals surface area (Å²) in [4.78, 5) is 1.56. The molecule has 0 unspecified atom stereocenters. The number of hydrogen-bond donors (Lipinski definition) is 1. The summed E-state index contributed by atoms with van der Waals surface area (Å²) in [6, 6.07) is 0.559. The summed E-state index contributed by atoms with van der Waals surface area (Å²) < 4.78 is 59.3. The van der Waals surface area contributed by atoms with Crippen LogP contribution in [0.5, 0.6) is 0 Å². The maximum Gasteiger partial charge on any atom is 0.266 e. The lowest BCUT2D eigenvalue weighted by molar-refractivity contribution is 0.146. The molecule has 0 aromatic carbocycles. The van der Waals surface area contributed by atoms with Crippen molar-refractivity contribution in [3.63, 3.8) is 0 Å². The molecule has 1 aromatic heterocycles. The first-order chi connectivity index (χ1) is 6.73. The molecule has 0 atom stereocenters. The van der Waals surface area contributed by atoms with E-state index >= 15 is 0 Å². The van der Waals surface area contributed by atoms with Gasteiger partial charge in [0.1, 0.15) is 10.7 Å². The molecule has 0 aliphatic rings. The molecule has 0 radical (unpaired) electrons. The van der Waals surface area contributed by atoms with Gasteiger partial charge < -0.3 is 5.73 Å². The van der Waals surface area contributed by atoms with E-state index in [0.29, 0.717) is 6.07 Å². The molecule has 2 N–H and O–H groups in total. The molecule has 4 nitrogen and oxygen atoms in total. The molecule has 1 aromatic rings. The van der Waals surface area contributed by atoms with E-state index in [1.54, 1.807) is 0 Å². The third-order valence-corrected chi connectivity index (χ3v) is 2.81. The third kappa shape index (κ3) is 2.51. The number of pyridine rings is 1. The molecule has 15 heavy (non-hydrogen) atoms. The van der Waals surface area contributed by atoms with E-state index in [1.165, 1.54) is 0 Å². The zero-order chi connectivity index (χ0) is 11.8. The van der Waals surface area contributed by atoms with Crippen LogP contribution in [-0.4, -0.2) is 13.4 Å². The Balaban J connectivity index is 3.62. The van der Waals surface area contributed by atoms with Gasteiger partial charge in [0.2, 0.25) is 5.95 Å². The van der Waals surface area contributed by atoms with Gasteiger partial charge in [-0.1, -0.05) is 0 Å². The molecule has 0 aliphatic heterocycles. The summed E-state index contributed by atoms with van der Waals surface area (Å²) in [5.74, 6) is -2.19. The van der Waals surface area contributed by atoms with Crippen molar-refractivity contribution in [2.75, 3.05) is 5.73 Å². The highest BCUT2D eigenvalue weighted by Crippen LogP contribution is 2.31. The summed E-state index contributed by atoms with van der Waals surface area (Å²) in [5.41, 5.74) is 3.89. The van der Waals surface area contributed by atoms with Gasteiger partial charge in [-0.25, -0.2) is 22.2 Å². The van der Waals surface area contributed by atoms with E-state index in [-0.39, 0.29) is 0 Å². The lowest BCUT2D eigenvalue weighted by Crippen LogP contribution is -2.07. The summed E-state index contributed by atoms with van der Waals surface area (Å²) in [5, 5.41) is 0. The fourth-order valence-electron chi connectivity index (χ4n) is 0.944. The number of rotatable bonds is 2. The molecule has 1 rings (SSSR count). The molecule has 1 heterocycles. The van der Waals surface area contributed by atoms with E-state index in [0.717, 1.165) is 0 Å². The van der Waals surface area contributed by atoms with Gasteiger partial charge in [0.25, 0.3) is 15.5 Å². The number of nitrogens with zero attached hydrogens (tertiary/aromatic N) is 1. The van der Waals surface area contributed by atoms with E-state index in [4.69, 9.17) is 16.4 Å². The lowest BCUT2D eigenvalue weighted by atomic mass is 10.2. The monoisotopic (exact) mass is 260 g/mol. The number of alkyl halides is 2. The van der Waals surface area contributed by atoms with Crippen LogP contribution in [0, 0.1) is 5.95 Å². The SMILES string of the molecule is Nc1cc(C(F)F)c(S(=O)(=O)Cl)c(F)n1. The predicted molar refractivity (Wildman–Crippen MR) is 46.6 cm³/mol. The largest absolute Gasteiger partial charge is 0.384 e. The molecule has 0 spiro atoms. The van der Waals surface area contributed by atoms with Gasteiger partial charge in [0.05, 0.1) is 0 Å². The van der Waals surface area contributed by atoms with Crippen LogP contribution in [0.4, 0.5) is 19.0 Å². The van der Waals surface area contributed by atoms with Crippen LogP contribution in [0.2, 0.25) is 0 Å². The first-order valence-electron chi connectivity index (χ1n) is 3.42. The Labute approximate surface area is 87.3 Å². The van der Waals surface area contributed by atoms with Crippen LogP contribution < -0.4 is 5.73 Å². The average Bonchev–Trinajstić information content (AvgIpc) is 1.99. The third-order valence-electron chi connectivity index (χ3n) is 1.46. The standard InChI is InChI=1S/C6H4ClF3N2O2S/c7-15(13,14)4-2(5(8)9)1-3(11)12-6(4)10/h1,5H,(H2,11,12). The summed E-state index contributed by atoms with van der Waals surface area (Å²) in [6.45, 7) is 0. The summed E-state index contributed by atoms with van der Waals surface area (Å²) in [7, 11) is 0.157. The molecule has 9 heteroatoms. The normalized spacial score (nSPS) is 12.1. The van der Waals surface area contributed by atoms with Crippen LogP contribution in [0.3, 0.4) is 0 Å². The minimum Gasteiger partial charge on any atom is -0.384 e. The molecule has 0 amide bonds. The summed E-state index contributed by atoms with van der Waals surface area (Å²) >= 11 is 0. The first kappa shape index (κ1) is 12.1. The van der Waals surface area contributed by atoms with E-state index in [1.807, 2.05) is 0 Å². The van der Waals surface area contributed by atoms with E-state index in [9.17, 15) is 21.6 Å². The molecule has 0 fully saturated rings. The van der Waals surface area contributed by atoms with Gasteiger partial charge in [-0.05, 0) is 6.07 Å². The Hall–Kier alpha value is -1.02. The Morgan fingerprint density at radius 3 is 2.40 bits per heavy atom. The Kier molecular flexibility index (Phi) is 3.10. The summed E-state index contributed by atoms with van der Waals surface area (Å²) in [6.07, 6.45) is -3.21. The highest BCUT2D eigenvalue weighted by atomic mass is 35.7. The number of anilines is 1. The Morgan fingerprint density at radius 1 is 1.47 bits per heavy atom. The fourth-order valence-corrected chi connectivity index (χ4v) is 2.08. The highest BCUT2D eigenvalue weighted by molar-refractivity contribution is 8.13. The minimum absolute atomic E-state index is 0.549. The molecular formula is C6H4ClF3N2O2S. The van der Waals surface area contributed by atoms with Crippen LogP contribution >= 0.6 is 10.7 Å². The zero-order valence-corrected chi connectivity index (χ0v) is 8.49. The van der Waals surface area contributed by atoms with Crippen molar-refractivity contribution < 1.29 is 21.6 Å². The van der Waals surface area contributed by atoms with Gasteiger partial charge in [-0.15, -0.1) is 0 Å². The van der Waals surface area contributed by atoms with Gasteiger partial charge in [0.15, 0.2) is 0 Å². The van der Waals surface area contributed by atoms with Gasteiger partial charge in [0, 0.05) is 16.2 Å². The second-order valence-corrected chi connectivity index (χ2v) is 5.00. The number of hydrogen-bond acceptors (Lipinski definition) is 4. The van der Waals surface area contributed by atoms with Crippen molar-refractivity contribution in [2.45, 2.75) is 11.3 Å². The van der Waals surface area contributed by atoms with Crippen LogP contribution in [0.15, 0.2) is 11.0 Å². The molecule has 0 saturated heterocycles. The highest BCUT2D eigenvalue weighted by Gasteiger charge is 2.27. The second-order valence-electron chi connectivity index (χ2n) is 2.49. The molecular weight excluding hydrogens is 257 g/mol. The van der Waals surface area contributed by atoms with Gasteiger partial charge in [-0.2, -0.15) is 4.39 Å². The van der Waals surface area contributed by atoms with Crippen molar-refractivity contribution in [3.05, 3.63) is 17.6 Å². The molecule has 84 valence electrons. The van der Waals surface area contributed by atoms with Crippen LogP contribution in [0.25, 0.3) is 0 Å². The zero-order valence-electron chi connectivity index (χ0n) is 6.92. The first-order valence-corrected chi connectivity index (χ1v) is 5.73. The smallest absolute Gasteiger partial charge is 0.266 e. The topological polar surface area (TPSA) is 73.1 Å². The van der Waals surface area contributed by atoms with Gasteiger partial charge in [-0.3, -0.25) is 0 Å². The van der Waals surface area contributed by atoms with Crippen molar-refractivity contribution in [3.8, 4) is 0 Å². The van der Waals surface area contributed by atoms with Crippen LogP contribution in [0.1, 0.15) is 12.0 Å². The van der Waals surface area contributed by atoms with E-state index < -0.39 is 37.7 Å². The maximum atomic E-state index is 13.0. The molecule has 0 bridgehead atoms.